The van der Waals surface area contributed by atoms with Gasteiger partial charge in [-0.2, -0.15) is 0 Å². The van der Waals surface area contributed by atoms with Crippen molar-refractivity contribution in [2.24, 2.45) is 0 Å². The van der Waals surface area contributed by atoms with E-state index in [1.807, 2.05) is 24.4 Å². The molecule has 0 aliphatic carbocycles. The normalized spacial score (nSPS) is 15.0. The van der Waals surface area contributed by atoms with Gasteiger partial charge in [0.1, 0.15) is 0 Å². The molecule has 6 heteroatoms. The van der Waals surface area contributed by atoms with Gasteiger partial charge in [0.25, 0.3) is 5.91 Å². The topological polar surface area (TPSA) is 74.4 Å². The molecule has 1 aromatic heterocycles. The molecule has 2 amide bonds. The summed E-state index contributed by atoms with van der Waals surface area (Å²) < 4.78 is 5.22. The predicted octanol–water partition coefficient (Wildman–Crippen LogP) is 1.15. The molecular formula is C16H19N3O3. The van der Waals surface area contributed by atoms with Gasteiger partial charge >= 0.3 is 0 Å². The highest BCUT2D eigenvalue weighted by Crippen LogP contribution is 2.17. The molecule has 0 bridgehead atoms. The molecule has 1 aromatic carbocycles. The van der Waals surface area contributed by atoms with E-state index in [2.05, 4.69) is 10.3 Å². The molecule has 0 spiro atoms. The number of nitrogens with zero attached hydrogens (tertiary/aromatic N) is 1. The lowest BCUT2D eigenvalue weighted by molar-refractivity contribution is -0.135. The lowest BCUT2D eigenvalue weighted by atomic mass is 10.1. The molecule has 1 saturated heterocycles. The number of carbonyl (C=O) groups is 2. The van der Waals surface area contributed by atoms with Gasteiger partial charge in [-0.1, -0.05) is 6.07 Å². The summed E-state index contributed by atoms with van der Waals surface area (Å²) >= 11 is 0. The van der Waals surface area contributed by atoms with Gasteiger partial charge in [0.2, 0.25) is 5.91 Å². The fourth-order valence-electron chi connectivity index (χ4n) is 2.63. The summed E-state index contributed by atoms with van der Waals surface area (Å²) in [4.78, 5) is 29.1. The Bertz CT molecular complexity index is 674. The number of H-pyrrole nitrogens is 1. The number of ether oxygens (including phenoxy) is 1. The minimum atomic E-state index is -0.153. The third-order valence-corrected chi connectivity index (χ3v) is 3.83. The third kappa shape index (κ3) is 3.12. The van der Waals surface area contributed by atoms with Gasteiger partial charge in [0.15, 0.2) is 0 Å². The van der Waals surface area contributed by atoms with Crippen LogP contribution in [0.25, 0.3) is 10.9 Å². The molecule has 1 aliphatic rings. The van der Waals surface area contributed by atoms with Crippen LogP contribution in [0, 0.1) is 0 Å². The van der Waals surface area contributed by atoms with Crippen molar-refractivity contribution in [3.8, 4) is 0 Å². The number of morpholine rings is 1. The van der Waals surface area contributed by atoms with Gasteiger partial charge in [-0.15, -0.1) is 0 Å². The monoisotopic (exact) mass is 301 g/mol. The lowest BCUT2D eigenvalue weighted by Gasteiger charge is -2.26. The Morgan fingerprint density at radius 3 is 2.86 bits per heavy atom. The molecule has 1 fully saturated rings. The Morgan fingerprint density at radius 1 is 1.23 bits per heavy atom. The van der Waals surface area contributed by atoms with E-state index < -0.39 is 0 Å². The van der Waals surface area contributed by atoms with E-state index >= 15 is 0 Å². The highest BCUT2D eigenvalue weighted by atomic mass is 16.5. The number of amides is 2. The Morgan fingerprint density at radius 2 is 2.05 bits per heavy atom. The molecule has 22 heavy (non-hydrogen) atoms. The number of fused-ring (bicyclic) bond motifs is 1. The van der Waals surface area contributed by atoms with Gasteiger partial charge in [-0.05, 0) is 18.2 Å². The van der Waals surface area contributed by atoms with Gasteiger partial charge in [0, 0.05) is 48.7 Å². The van der Waals surface area contributed by atoms with Crippen LogP contribution >= 0.6 is 0 Å². The first-order chi connectivity index (χ1) is 10.8. The van der Waals surface area contributed by atoms with Crippen molar-refractivity contribution in [2.75, 3.05) is 32.8 Å². The van der Waals surface area contributed by atoms with Crippen LogP contribution in [0.15, 0.2) is 30.5 Å². The molecule has 6 nitrogen and oxygen atoms in total. The first-order valence-corrected chi connectivity index (χ1v) is 7.45. The van der Waals surface area contributed by atoms with Crippen molar-refractivity contribution in [1.82, 2.24) is 15.2 Å². The molecule has 1 aliphatic heterocycles. The van der Waals surface area contributed by atoms with Crippen LogP contribution in [0.4, 0.5) is 0 Å². The van der Waals surface area contributed by atoms with Gasteiger partial charge < -0.3 is 19.9 Å². The first-order valence-electron chi connectivity index (χ1n) is 7.45. The smallest absolute Gasteiger partial charge is 0.251 e. The van der Waals surface area contributed by atoms with Crippen molar-refractivity contribution < 1.29 is 14.3 Å². The van der Waals surface area contributed by atoms with Gasteiger partial charge in [0.05, 0.1) is 13.2 Å². The summed E-state index contributed by atoms with van der Waals surface area (Å²) in [7, 11) is 0. The van der Waals surface area contributed by atoms with Gasteiger partial charge in [-0.3, -0.25) is 9.59 Å². The molecule has 0 atom stereocenters. The number of carbonyl (C=O) groups excluding carboxylic acids is 2. The molecule has 2 N–H and O–H groups in total. The summed E-state index contributed by atoms with van der Waals surface area (Å²) in [5.41, 5.74) is 1.55. The van der Waals surface area contributed by atoms with Crippen LogP contribution in [0.5, 0.6) is 0 Å². The molecule has 0 saturated carbocycles. The average molecular weight is 301 g/mol. The molecule has 0 radical (unpaired) electrons. The molecule has 2 aromatic rings. The van der Waals surface area contributed by atoms with Crippen LogP contribution in [-0.4, -0.2) is 54.5 Å². The third-order valence-electron chi connectivity index (χ3n) is 3.83. The number of hydrogen-bond donors (Lipinski definition) is 2. The highest BCUT2D eigenvalue weighted by Gasteiger charge is 2.17. The molecule has 2 heterocycles. The summed E-state index contributed by atoms with van der Waals surface area (Å²) in [6.45, 7) is 2.79. The molecule has 3 rings (SSSR count). The maximum Gasteiger partial charge on any atom is 0.251 e. The van der Waals surface area contributed by atoms with E-state index in [0.717, 1.165) is 10.9 Å². The zero-order chi connectivity index (χ0) is 15.4. The van der Waals surface area contributed by atoms with E-state index in [-0.39, 0.29) is 11.8 Å². The van der Waals surface area contributed by atoms with Crippen molar-refractivity contribution in [3.63, 3.8) is 0 Å². The fourth-order valence-corrected chi connectivity index (χ4v) is 2.63. The molecular weight excluding hydrogens is 282 g/mol. The second-order valence-electron chi connectivity index (χ2n) is 5.24. The van der Waals surface area contributed by atoms with Crippen molar-refractivity contribution in [2.45, 2.75) is 6.42 Å². The Hall–Kier alpha value is -2.34. The maximum atomic E-state index is 12.2. The summed E-state index contributed by atoms with van der Waals surface area (Å²) in [6.07, 6.45) is 2.12. The van der Waals surface area contributed by atoms with Crippen molar-refractivity contribution in [3.05, 3.63) is 36.0 Å². The van der Waals surface area contributed by atoms with E-state index in [4.69, 9.17) is 4.74 Å². The number of aromatic amines is 1. The largest absolute Gasteiger partial charge is 0.378 e. The number of nitrogens with one attached hydrogen (secondary N) is 2. The summed E-state index contributed by atoms with van der Waals surface area (Å²) in [6, 6.07) is 7.43. The van der Waals surface area contributed by atoms with E-state index in [1.54, 1.807) is 11.0 Å². The quantitative estimate of drug-likeness (QED) is 0.889. The average Bonchev–Trinajstić information content (AvgIpc) is 3.04. The second-order valence-corrected chi connectivity index (χ2v) is 5.24. The van der Waals surface area contributed by atoms with E-state index in [0.29, 0.717) is 44.8 Å². The SMILES string of the molecule is O=C(NCCC(=O)N1CCOCC1)c1cccc2[nH]ccc12. The summed E-state index contributed by atoms with van der Waals surface area (Å²) in [5, 5.41) is 3.71. The van der Waals surface area contributed by atoms with Crippen molar-refractivity contribution in [1.29, 1.82) is 0 Å². The Kier molecular flexibility index (Phi) is 4.39. The maximum absolute atomic E-state index is 12.2. The van der Waals surface area contributed by atoms with Crippen LogP contribution in [0.3, 0.4) is 0 Å². The van der Waals surface area contributed by atoms with Crippen LogP contribution < -0.4 is 5.32 Å². The summed E-state index contributed by atoms with van der Waals surface area (Å²) in [5.74, 6) is -0.0940. The van der Waals surface area contributed by atoms with Crippen LogP contribution in [0.2, 0.25) is 0 Å². The predicted molar refractivity (Wildman–Crippen MR) is 82.6 cm³/mol. The number of benzene rings is 1. The minimum absolute atomic E-state index is 0.0588. The lowest BCUT2D eigenvalue weighted by Crippen LogP contribution is -2.42. The van der Waals surface area contributed by atoms with Crippen LogP contribution in [-0.2, 0) is 9.53 Å². The highest BCUT2D eigenvalue weighted by molar-refractivity contribution is 6.06. The molecule has 0 unspecified atom stereocenters. The standard InChI is InChI=1S/C16H19N3O3/c20-15(19-8-10-22-11-9-19)5-7-18-16(21)13-2-1-3-14-12(13)4-6-17-14/h1-4,6,17H,5,7-11H2,(H,18,21). The number of aromatic nitrogens is 1. The first kappa shape index (κ1) is 14.6. The Balaban J connectivity index is 1.54. The second kappa shape index (κ2) is 6.62. The zero-order valence-electron chi connectivity index (χ0n) is 12.3. The van der Waals surface area contributed by atoms with Crippen molar-refractivity contribution >= 4 is 22.7 Å². The molecule has 116 valence electrons. The fraction of sp³-hybridized carbons (Fsp3) is 0.375. The zero-order valence-corrected chi connectivity index (χ0v) is 12.3. The van der Waals surface area contributed by atoms with Gasteiger partial charge in [-0.25, -0.2) is 0 Å². The van der Waals surface area contributed by atoms with E-state index in [1.165, 1.54) is 0 Å². The van der Waals surface area contributed by atoms with Crippen LogP contribution in [0.1, 0.15) is 16.8 Å². The van der Waals surface area contributed by atoms with E-state index in [9.17, 15) is 9.59 Å². The Labute approximate surface area is 128 Å². The minimum Gasteiger partial charge on any atom is -0.378 e. The number of rotatable bonds is 4. The number of hydrogen-bond acceptors (Lipinski definition) is 3.